The summed E-state index contributed by atoms with van der Waals surface area (Å²) in [6.07, 6.45) is 0.996. The molecule has 34 heavy (non-hydrogen) atoms. The maximum atomic E-state index is 13.2. The first-order chi connectivity index (χ1) is 16.3. The Labute approximate surface area is 211 Å². The lowest BCUT2D eigenvalue weighted by Crippen LogP contribution is -2.48. The standard InChI is InChI=1S/C24H29ClN4O3S2/c1-16-3-6-22-18(13-16)19-15-27(2)8-7-23(19)29(22)24(33)26-21-14-17(4-5-20(21)25)34(30,31)28-9-11-32-12-10-28/h3-6,13-14,19,23H,7-12,15H2,1-2H3,(H,26,33)/t19-,23-/m1/s1. The smallest absolute Gasteiger partial charge is 0.243 e. The number of ether oxygens (including phenoxy) is 1. The van der Waals surface area contributed by atoms with Crippen LogP contribution in [0.4, 0.5) is 11.4 Å². The highest BCUT2D eigenvalue weighted by Gasteiger charge is 2.43. The number of piperidine rings is 1. The van der Waals surface area contributed by atoms with Crippen molar-refractivity contribution in [2.45, 2.75) is 30.2 Å². The lowest BCUT2D eigenvalue weighted by atomic mass is 9.89. The van der Waals surface area contributed by atoms with Gasteiger partial charge in [0, 0.05) is 37.3 Å². The molecule has 3 heterocycles. The van der Waals surface area contributed by atoms with Crippen molar-refractivity contribution in [1.29, 1.82) is 0 Å². The molecule has 7 nitrogen and oxygen atoms in total. The van der Waals surface area contributed by atoms with Gasteiger partial charge in [0.15, 0.2) is 5.11 Å². The Morgan fingerprint density at radius 2 is 1.91 bits per heavy atom. The molecule has 0 aliphatic carbocycles. The van der Waals surface area contributed by atoms with E-state index < -0.39 is 10.0 Å². The molecule has 2 aromatic rings. The summed E-state index contributed by atoms with van der Waals surface area (Å²) in [6.45, 7) is 5.57. The average Bonchev–Trinajstić information content (AvgIpc) is 3.13. The lowest BCUT2D eigenvalue weighted by molar-refractivity contribution is 0.0730. The van der Waals surface area contributed by atoms with E-state index in [1.54, 1.807) is 18.2 Å². The third-order valence-corrected chi connectivity index (χ3v) is 9.48. The van der Waals surface area contributed by atoms with Crippen molar-refractivity contribution >= 4 is 50.3 Å². The molecule has 0 unspecified atom stereocenters. The highest BCUT2D eigenvalue weighted by Crippen LogP contribution is 2.45. The second-order valence-corrected chi connectivity index (χ2v) is 12.0. The van der Waals surface area contributed by atoms with Crippen LogP contribution in [0.3, 0.4) is 0 Å². The van der Waals surface area contributed by atoms with Crippen LogP contribution in [0.2, 0.25) is 5.02 Å². The van der Waals surface area contributed by atoms with E-state index in [0.717, 1.165) is 25.2 Å². The number of thiocarbonyl (C=S) groups is 1. The van der Waals surface area contributed by atoms with Crippen molar-refractivity contribution in [2.24, 2.45) is 0 Å². The lowest BCUT2D eigenvalue weighted by Gasteiger charge is -2.37. The zero-order valence-corrected chi connectivity index (χ0v) is 21.7. The van der Waals surface area contributed by atoms with E-state index in [1.165, 1.54) is 15.4 Å². The summed E-state index contributed by atoms with van der Waals surface area (Å²) in [6, 6.07) is 11.5. The topological polar surface area (TPSA) is 65.1 Å². The van der Waals surface area contributed by atoms with E-state index in [1.807, 2.05) is 0 Å². The van der Waals surface area contributed by atoms with E-state index in [4.69, 9.17) is 28.6 Å². The van der Waals surface area contributed by atoms with Crippen molar-refractivity contribution < 1.29 is 13.2 Å². The van der Waals surface area contributed by atoms with Crippen LogP contribution in [-0.2, 0) is 14.8 Å². The third-order valence-electron chi connectivity index (χ3n) is 6.96. The summed E-state index contributed by atoms with van der Waals surface area (Å²) in [7, 11) is -1.48. The quantitative estimate of drug-likeness (QED) is 0.619. The molecular weight excluding hydrogens is 492 g/mol. The average molecular weight is 521 g/mol. The normalized spacial score (nSPS) is 23.4. The number of hydrogen-bond acceptors (Lipinski definition) is 5. The largest absolute Gasteiger partial charge is 0.379 e. The Hall–Kier alpha value is -1.75. The number of fused-ring (bicyclic) bond motifs is 3. The van der Waals surface area contributed by atoms with Crippen LogP contribution < -0.4 is 10.2 Å². The van der Waals surface area contributed by atoms with Gasteiger partial charge in [-0.3, -0.25) is 0 Å². The van der Waals surface area contributed by atoms with Crippen molar-refractivity contribution in [2.75, 3.05) is 56.7 Å². The fourth-order valence-electron chi connectivity index (χ4n) is 5.22. The Bertz CT molecular complexity index is 1220. The number of nitrogens with one attached hydrogen (secondary N) is 1. The number of anilines is 2. The van der Waals surface area contributed by atoms with E-state index in [-0.39, 0.29) is 10.9 Å². The molecule has 0 amide bonds. The van der Waals surface area contributed by atoms with Gasteiger partial charge in [0.25, 0.3) is 0 Å². The Morgan fingerprint density at radius 1 is 1.15 bits per heavy atom. The molecule has 3 aliphatic rings. The number of likely N-dealkylation sites (N-methyl/N-ethyl adjacent to an activating group) is 1. The monoisotopic (exact) mass is 520 g/mol. The number of morpholine rings is 1. The second-order valence-electron chi connectivity index (χ2n) is 9.25. The number of aryl methyl sites for hydroxylation is 1. The summed E-state index contributed by atoms with van der Waals surface area (Å²) in [5.74, 6) is 0.372. The number of sulfonamides is 1. The van der Waals surface area contributed by atoms with E-state index >= 15 is 0 Å². The summed E-state index contributed by atoms with van der Waals surface area (Å²) >= 11 is 12.4. The van der Waals surface area contributed by atoms with Crippen LogP contribution in [0.1, 0.15) is 23.5 Å². The SMILES string of the molecule is Cc1ccc2c(c1)[C@H]1CN(C)CC[C@H]1N2C(=S)Nc1cc(S(=O)(=O)N2CCOCC2)ccc1Cl. The summed E-state index contributed by atoms with van der Waals surface area (Å²) in [4.78, 5) is 4.75. The minimum absolute atomic E-state index is 0.193. The second kappa shape index (κ2) is 9.37. The summed E-state index contributed by atoms with van der Waals surface area (Å²) in [5.41, 5.74) is 4.15. The van der Waals surface area contributed by atoms with E-state index in [9.17, 15) is 8.42 Å². The number of halogens is 1. The van der Waals surface area contributed by atoms with Gasteiger partial charge < -0.3 is 19.9 Å². The zero-order chi connectivity index (χ0) is 24.0. The predicted octanol–water partition coefficient (Wildman–Crippen LogP) is 3.67. The van der Waals surface area contributed by atoms with Crippen LogP contribution in [-0.4, -0.2) is 75.2 Å². The molecule has 182 valence electrons. The van der Waals surface area contributed by atoms with Gasteiger partial charge in [-0.15, -0.1) is 0 Å². The predicted molar refractivity (Wildman–Crippen MR) is 140 cm³/mol. The molecule has 3 aliphatic heterocycles. The maximum absolute atomic E-state index is 13.2. The molecule has 0 aromatic heterocycles. The molecular formula is C24H29ClN4O3S2. The number of benzene rings is 2. The highest BCUT2D eigenvalue weighted by atomic mass is 35.5. The number of nitrogens with zero attached hydrogens (tertiary/aromatic N) is 3. The Balaban J connectivity index is 1.44. The first-order valence-electron chi connectivity index (χ1n) is 11.5. The minimum Gasteiger partial charge on any atom is -0.379 e. The first kappa shape index (κ1) is 24.0. The zero-order valence-electron chi connectivity index (χ0n) is 19.3. The van der Waals surface area contributed by atoms with Gasteiger partial charge in [-0.25, -0.2) is 8.42 Å². The molecule has 2 fully saturated rings. The van der Waals surface area contributed by atoms with Crippen molar-refractivity contribution in [3.63, 3.8) is 0 Å². The molecule has 0 saturated carbocycles. The van der Waals surface area contributed by atoms with Crippen LogP contribution in [0, 0.1) is 6.92 Å². The first-order valence-corrected chi connectivity index (χ1v) is 13.7. The Kier molecular flexibility index (Phi) is 6.60. The number of hydrogen-bond donors (Lipinski definition) is 1. The summed E-state index contributed by atoms with van der Waals surface area (Å²) < 4.78 is 33.1. The van der Waals surface area contributed by atoms with E-state index in [2.05, 4.69) is 47.3 Å². The fraction of sp³-hybridized carbons (Fsp3) is 0.458. The van der Waals surface area contributed by atoms with Gasteiger partial charge in [-0.2, -0.15) is 4.31 Å². The molecule has 2 atom stereocenters. The summed E-state index contributed by atoms with van der Waals surface area (Å²) in [5, 5.41) is 4.23. The number of likely N-dealkylation sites (tertiary alicyclic amines) is 1. The third kappa shape index (κ3) is 4.34. The Morgan fingerprint density at radius 3 is 2.68 bits per heavy atom. The molecule has 5 rings (SSSR count). The maximum Gasteiger partial charge on any atom is 0.243 e. The minimum atomic E-state index is -3.64. The van der Waals surface area contributed by atoms with Crippen LogP contribution in [0.15, 0.2) is 41.3 Å². The van der Waals surface area contributed by atoms with Crippen molar-refractivity contribution in [1.82, 2.24) is 9.21 Å². The van der Waals surface area contributed by atoms with Crippen LogP contribution in [0.25, 0.3) is 0 Å². The number of rotatable bonds is 3. The van der Waals surface area contributed by atoms with Gasteiger partial charge in [-0.1, -0.05) is 29.3 Å². The molecule has 2 saturated heterocycles. The van der Waals surface area contributed by atoms with Gasteiger partial charge in [0.2, 0.25) is 10.0 Å². The highest BCUT2D eigenvalue weighted by molar-refractivity contribution is 7.89. The van der Waals surface area contributed by atoms with Crippen LogP contribution >= 0.6 is 23.8 Å². The van der Waals surface area contributed by atoms with Gasteiger partial charge in [0.05, 0.1) is 28.8 Å². The molecule has 1 N–H and O–H groups in total. The molecule has 0 bridgehead atoms. The fourth-order valence-corrected chi connectivity index (χ4v) is 7.16. The van der Waals surface area contributed by atoms with E-state index in [0.29, 0.717) is 48.0 Å². The van der Waals surface area contributed by atoms with Gasteiger partial charge >= 0.3 is 0 Å². The van der Waals surface area contributed by atoms with Crippen LogP contribution in [0.5, 0.6) is 0 Å². The molecule has 0 radical (unpaired) electrons. The molecule has 10 heteroatoms. The van der Waals surface area contributed by atoms with Crippen molar-refractivity contribution in [3.05, 3.63) is 52.5 Å². The molecule has 2 aromatic carbocycles. The van der Waals surface area contributed by atoms with Gasteiger partial charge in [0.1, 0.15) is 0 Å². The van der Waals surface area contributed by atoms with Crippen molar-refractivity contribution in [3.8, 4) is 0 Å². The molecule has 0 spiro atoms. The van der Waals surface area contributed by atoms with Gasteiger partial charge in [-0.05, 0) is 69.0 Å².